The fourth-order valence-corrected chi connectivity index (χ4v) is 3.10. The first-order chi connectivity index (χ1) is 15.8. The van der Waals surface area contributed by atoms with Gasteiger partial charge in [-0.05, 0) is 50.6 Å². The molecule has 0 aliphatic carbocycles. The Morgan fingerprint density at radius 1 is 1.03 bits per heavy atom. The van der Waals surface area contributed by atoms with E-state index in [2.05, 4.69) is 5.32 Å². The summed E-state index contributed by atoms with van der Waals surface area (Å²) in [7, 11) is 3.02. The molecule has 0 aromatic heterocycles. The van der Waals surface area contributed by atoms with Crippen molar-refractivity contribution in [1.82, 2.24) is 0 Å². The van der Waals surface area contributed by atoms with Crippen LogP contribution in [-0.4, -0.2) is 50.2 Å². The molecule has 0 aliphatic heterocycles. The molecular weight excluding hydrogens is 430 g/mol. The van der Waals surface area contributed by atoms with Gasteiger partial charge in [-0.3, -0.25) is 5.32 Å². The molecule has 33 heavy (non-hydrogen) atoms. The molecule has 0 bridgehead atoms. The van der Waals surface area contributed by atoms with Gasteiger partial charge < -0.3 is 28.8 Å². The molecule has 0 spiro atoms. The Bertz CT molecular complexity index is 944. The Labute approximate surface area is 193 Å². The molecule has 0 fully saturated rings. The predicted octanol–water partition coefficient (Wildman–Crippen LogP) is 4.27. The molecule has 0 saturated heterocycles. The fourth-order valence-electron chi connectivity index (χ4n) is 3.10. The number of carbonyl (C=O) groups excluding carboxylic acids is 1. The molecule has 1 unspecified atom stereocenters. The molecule has 180 valence electrons. The first kappa shape index (κ1) is 25.8. The summed E-state index contributed by atoms with van der Waals surface area (Å²) < 4.78 is 26.9. The van der Waals surface area contributed by atoms with Crippen molar-refractivity contribution < 1.29 is 38.4 Å². The minimum atomic E-state index is -1.04. The number of rotatable bonds is 12. The van der Waals surface area contributed by atoms with Crippen molar-refractivity contribution in [2.24, 2.45) is 0 Å². The van der Waals surface area contributed by atoms with Gasteiger partial charge in [0.2, 0.25) is 0 Å². The minimum Gasteiger partial charge on any atom is -0.497 e. The molecule has 9 heteroatoms. The average molecular weight is 462 g/mol. The monoisotopic (exact) mass is 461 g/mol. The summed E-state index contributed by atoms with van der Waals surface area (Å²) in [6, 6.07) is 10.2. The molecule has 9 nitrogen and oxygen atoms in total. The Morgan fingerprint density at radius 3 is 2.39 bits per heavy atom. The number of ether oxygens (including phenoxy) is 5. The third kappa shape index (κ3) is 7.87. The second kappa shape index (κ2) is 12.5. The van der Waals surface area contributed by atoms with E-state index in [9.17, 15) is 14.7 Å². The SMILES string of the molecule is CCOc1ccc(CC(OC(C)C)C(=O)O)cc1COC(=O)Nc1ccc(OC)cc1OC. The van der Waals surface area contributed by atoms with Crippen molar-refractivity contribution >= 4 is 17.7 Å². The molecule has 2 aromatic rings. The number of carbonyl (C=O) groups is 2. The average Bonchev–Trinajstić information content (AvgIpc) is 2.78. The zero-order valence-electron chi connectivity index (χ0n) is 19.5. The van der Waals surface area contributed by atoms with Gasteiger partial charge in [0.25, 0.3) is 0 Å². The van der Waals surface area contributed by atoms with E-state index in [1.54, 1.807) is 50.2 Å². The number of carboxylic acid groups (broad SMARTS) is 1. The van der Waals surface area contributed by atoms with Crippen LogP contribution in [-0.2, 0) is 27.3 Å². The molecule has 1 atom stereocenters. The number of nitrogens with one attached hydrogen (secondary N) is 1. The number of amides is 1. The van der Waals surface area contributed by atoms with Crippen molar-refractivity contribution in [1.29, 1.82) is 0 Å². The lowest BCUT2D eigenvalue weighted by Crippen LogP contribution is -2.29. The van der Waals surface area contributed by atoms with E-state index in [-0.39, 0.29) is 19.1 Å². The molecule has 0 aliphatic rings. The van der Waals surface area contributed by atoms with Crippen molar-refractivity contribution in [2.75, 3.05) is 26.1 Å². The van der Waals surface area contributed by atoms with Crippen LogP contribution in [0.2, 0.25) is 0 Å². The van der Waals surface area contributed by atoms with Crippen molar-refractivity contribution in [3.8, 4) is 17.2 Å². The highest BCUT2D eigenvalue weighted by Crippen LogP contribution is 2.29. The predicted molar refractivity (Wildman–Crippen MR) is 122 cm³/mol. The second-order valence-corrected chi connectivity index (χ2v) is 7.36. The van der Waals surface area contributed by atoms with E-state index in [1.807, 2.05) is 6.92 Å². The van der Waals surface area contributed by atoms with Gasteiger partial charge in [-0.15, -0.1) is 0 Å². The van der Waals surface area contributed by atoms with Crippen molar-refractivity contribution in [3.05, 3.63) is 47.5 Å². The van der Waals surface area contributed by atoms with E-state index < -0.39 is 18.2 Å². The second-order valence-electron chi connectivity index (χ2n) is 7.36. The maximum absolute atomic E-state index is 12.4. The van der Waals surface area contributed by atoms with Crippen LogP contribution in [0.1, 0.15) is 31.9 Å². The van der Waals surface area contributed by atoms with Crippen LogP contribution in [0.4, 0.5) is 10.5 Å². The van der Waals surface area contributed by atoms with E-state index in [1.165, 1.54) is 14.2 Å². The van der Waals surface area contributed by atoms with Crippen LogP contribution < -0.4 is 19.5 Å². The fraction of sp³-hybridized carbons (Fsp3) is 0.417. The summed E-state index contributed by atoms with van der Waals surface area (Å²) in [5, 5.41) is 12.1. The highest BCUT2D eigenvalue weighted by Gasteiger charge is 2.21. The van der Waals surface area contributed by atoms with Crippen LogP contribution >= 0.6 is 0 Å². The standard InChI is InChI=1S/C24H31NO8/c1-6-31-20-10-7-16(12-22(23(26)27)33-15(2)3)11-17(20)14-32-24(28)25-19-9-8-18(29-4)13-21(19)30-5/h7-11,13,15,22H,6,12,14H2,1-5H3,(H,25,28)(H,26,27). The van der Waals surface area contributed by atoms with Crippen molar-refractivity contribution in [3.63, 3.8) is 0 Å². The van der Waals surface area contributed by atoms with Crippen LogP contribution in [0, 0.1) is 0 Å². The number of hydrogen-bond donors (Lipinski definition) is 2. The van der Waals surface area contributed by atoms with E-state index in [0.717, 1.165) is 5.56 Å². The molecule has 0 saturated carbocycles. The largest absolute Gasteiger partial charge is 0.497 e. The molecule has 0 heterocycles. The van der Waals surface area contributed by atoms with Crippen LogP contribution in [0.3, 0.4) is 0 Å². The number of anilines is 1. The molecule has 2 N–H and O–H groups in total. The number of aliphatic carboxylic acids is 1. The third-order valence-corrected chi connectivity index (χ3v) is 4.56. The number of benzene rings is 2. The smallest absolute Gasteiger partial charge is 0.412 e. The number of methoxy groups -OCH3 is 2. The lowest BCUT2D eigenvalue weighted by Gasteiger charge is -2.18. The Morgan fingerprint density at radius 2 is 1.79 bits per heavy atom. The summed E-state index contributed by atoms with van der Waals surface area (Å²) >= 11 is 0. The first-order valence-electron chi connectivity index (χ1n) is 10.6. The number of carboxylic acids is 1. The number of hydrogen-bond acceptors (Lipinski definition) is 7. The van der Waals surface area contributed by atoms with Gasteiger partial charge in [0.15, 0.2) is 6.10 Å². The summed E-state index contributed by atoms with van der Waals surface area (Å²) in [6.45, 7) is 5.76. The van der Waals surface area contributed by atoms with Crippen LogP contribution in [0.25, 0.3) is 0 Å². The normalized spacial score (nSPS) is 11.6. The van der Waals surface area contributed by atoms with Crippen LogP contribution in [0.15, 0.2) is 36.4 Å². The van der Waals surface area contributed by atoms with Gasteiger partial charge >= 0.3 is 12.1 Å². The quantitative estimate of drug-likeness (QED) is 0.482. The van der Waals surface area contributed by atoms with Gasteiger partial charge in [0.05, 0.1) is 32.6 Å². The van der Waals surface area contributed by atoms with Crippen LogP contribution in [0.5, 0.6) is 17.2 Å². The lowest BCUT2D eigenvalue weighted by atomic mass is 10.0. The highest BCUT2D eigenvalue weighted by atomic mass is 16.6. The third-order valence-electron chi connectivity index (χ3n) is 4.56. The zero-order chi connectivity index (χ0) is 24.4. The maximum atomic E-state index is 12.4. The summed E-state index contributed by atoms with van der Waals surface area (Å²) in [6.07, 6.45) is -1.72. The van der Waals surface area contributed by atoms with Gasteiger partial charge in [-0.1, -0.05) is 6.07 Å². The molecule has 2 aromatic carbocycles. The van der Waals surface area contributed by atoms with Gasteiger partial charge in [-0.2, -0.15) is 0 Å². The summed E-state index contributed by atoms with van der Waals surface area (Å²) in [5.41, 5.74) is 1.76. The topological polar surface area (TPSA) is 113 Å². The van der Waals surface area contributed by atoms with Gasteiger partial charge in [0.1, 0.15) is 23.9 Å². The lowest BCUT2D eigenvalue weighted by molar-refractivity contribution is -0.153. The molecule has 2 rings (SSSR count). The van der Waals surface area contributed by atoms with E-state index in [4.69, 9.17) is 23.7 Å². The van der Waals surface area contributed by atoms with Gasteiger partial charge in [0, 0.05) is 18.1 Å². The maximum Gasteiger partial charge on any atom is 0.412 e. The molecular formula is C24H31NO8. The highest BCUT2D eigenvalue weighted by molar-refractivity contribution is 5.87. The van der Waals surface area contributed by atoms with E-state index in [0.29, 0.717) is 35.1 Å². The zero-order valence-corrected chi connectivity index (χ0v) is 19.5. The Hall–Kier alpha value is -3.46. The first-order valence-corrected chi connectivity index (χ1v) is 10.6. The molecule has 1 amide bonds. The summed E-state index contributed by atoms with van der Waals surface area (Å²) in [4.78, 5) is 23.9. The Balaban J connectivity index is 2.12. The van der Waals surface area contributed by atoms with E-state index >= 15 is 0 Å². The van der Waals surface area contributed by atoms with Gasteiger partial charge in [-0.25, -0.2) is 9.59 Å². The summed E-state index contributed by atoms with van der Waals surface area (Å²) in [5.74, 6) is 0.522. The van der Waals surface area contributed by atoms with Crippen molar-refractivity contribution in [2.45, 2.75) is 46.0 Å². The minimum absolute atomic E-state index is 0.0732. The molecule has 0 radical (unpaired) electrons. The Kier molecular flexibility index (Phi) is 9.81.